The molecular weight excluding hydrogens is 304 g/mol. The molecule has 6 heteroatoms. The van der Waals surface area contributed by atoms with Crippen molar-refractivity contribution in [2.75, 3.05) is 11.9 Å². The highest BCUT2D eigenvalue weighted by Crippen LogP contribution is 2.24. The van der Waals surface area contributed by atoms with Crippen LogP contribution in [-0.2, 0) is 9.53 Å². The lowest BCUT2D eigenvalue weighted by molar-refractivity contribution is -0.148. The molecule has 0 fully saturated rings. The van der Waals surface area contributed by atoms with Gasteiger partial charge in [0.2, 0.25) is 5.95 Å². The van der Waals surface area contributed by atoms with Crippen molar-refractivity contribution in [1.82, 2.24) is 15.0 Å². The second-order valence-corrected chi connectivity index (χ2v) is 6.06. The Bertz CT molecular complexity index is 574. The average Bonchev–Trinajstić information content (AvgIpc) is 2.63. The van der Waals surface area contributed by atoms with Gasteiger partial charge in [-0.3, -0.25) is 0 Å². The molecule has 1 N–H and O–H groups in total. The number of esters is 1. The molecule has 0 bridgehead atoms. The predicted molar refractivity (Wildman–Crippen MR) is 93.3 cm³/mol. The van der Waals surface area contributed by atoms with E-state index in [1.165, 1.54) is 12.7 Å². The van der Waals surface area contributed by atoms with Gasteiger partial charge in [-0.2, -0.15) is 0 Å². The first-order chi connectivity index (χ1) is 11.7. The van der Waals surface area contributed by atoms with Crippen molar-refractivity contribution in [3.8, 4) is 0 Å². The molecule has 24 heavy (non-hydrogen) atoms. The van der Waals surface area contributed by atoms with E-state index < -0.39 is 5.54 Å². The lowest BCUT2D eigenvalue weighted by Gasteiger charge is -2.30. The van der Waals surface area contributed by atoms with E-state index in [1.807, 2.05) is 24.3 Å². The van der Waals surface area contributed by atoms with Crippen LogP contribution in [0.3, 0.4) is 0 Å². The number of aromatic nitrogens is 3. The Hall–Kier alpha value is -2.24. The van der Waals surface area contributed by atoms with Gasteiger partial charge in [0, 0.05) is 6.42 Å². The summed E-state index contributed by atoms with van der Waals surface area (Å²) in [7, 11) is 0. The van der Waals surface area contributed by atoms with E-state index in [-0.39, 0.29) is 5.97 Å². The fourth-order valence-electron chi connectivity index (χ4n) is 2.64. The predicted octanol–water partition coefficient (Wildman–Crippen LogP) is 3.30. The summed E-state index contributed by atoms with van der Waals surface area (Å²) in [5, 5.41) is 3.10. The number of ether oxygens (including phenoxy) is 1. The van der Waals surface area contributed by atoms with Gasteiger partial charge in [-0.05, 0) is 18.4 Å². The van der Waals surface area contributed by atoms with Crippen molar-refractivity contribution < 1.29 is 9.53 Å². The topological polar surface area (TPSA) is 77.0 Å². The third-order valence-corrected chi connectivity index (χ3v) is 4.25. The lowest BCUT2D eigenvalue weighted by Crippen LogP contribution is -2.47. The van der Waals surface area contributed by atoms with Crippen LogP contribution < -0.4 is 5.32 Å². The van der Waals surface area contributed by atoms with E-state index in [1.54, 1.807) is 0 Å². The fourth-order valence-corrected chi connectivity index (χ4v) is 2.64. The Morgan fingerprint density at radius 2 is 2.12 bits per heavy atom. The smallest absolute Gasteiger partial charge is 0.336 e. The fraction of sp³-hybridized carbons (Fsp3) is 0.556. The first kappa shape index (κ1) is 18.1. The largest absolute Gasteiger partial charge is 0.463 e. The van der Waals surface area contributed by atoms with Gasteiger partial charge in [0.05, 0.1) is 6.61 Å². The third-order valence-electron chi connectivity index (χ3n) is 4.25. The van der Waals surface area contributed by atoms with Gasteiger partial charge in [0.25, 0.3) is 0 Å². The van der Waals surface area contributed by atoms with Crippen LogP contribution in [0.1, 0.15) is 46.0 Å². The normalized spacial score (nSPS) is 20.6. The van der Waals surface area contributed by atoms with Gasteiger partial charge in [0.15, 0.2) is 5.54 Å². The second-order valence-electron chi connectivity index (χ2n) is 6.06. The van der Waals surface area contributed by atoms with Crippen LogP contribution in [0.15, 0.2) is 37.0 Å². The zero-order valence-electron chi connectivity index (χ0n) is 14.4. The summed E-state index contributed by atoms with van der Waals surface area (Å²) in [6, 6.07) is 0. The number of carbonyl (C=O) groups is 1. The Labute approximate surface area is 143 Å². The summed E-state index contributed by atoms with van der Waals surface area (Å²) in [5.41, 5.74) is -0.959. The van der Waals surface area contributed by atoms with Gasteiger partial charge in [-0.25, -0.2) is 19.7 Å². The molecule has 0 radical (unpaired) electrons. The number of allylic oxidation sites excluding steroid dienone is 2. The van der Waals surface area contributed by atoms with Crippen molar-refractivity contribution >= 4 is 11.9 Å². The SMILES string of the molecule is CCCCC(CC)COC(=O)C1(Nc2ncncn2)C=CC=CC1. The van der Waals surface area contributed by atoms with E-state index >= 15 is 0 Å². The van der Waals surface area contributed by atoms with E-state index in [4.69, 9.17) is 4.74 Å². The van der Waals surface area contributed by atoms with Crippen molar-refractivity contribution in [3.63, 3.8) is 0 Å². The van der Waals surface area contributed by atoms with Crippen LogP contribution in [-0.4, -0.2) is 33.1 Å². The Morgan fingerprint density at radius 3 is 2.75 bits per heavy atom. The number of hydrogen-bond donors (Lipinski definition) is 1. The minimum Gasteiger partial charge on any atom is -0.463 e. The molecule has 2 atom stereocenters. The van der Waals surface area contributed by atoms with Crippen molar-refractivity contribution in [1.29, 1.82) is 0 Å². The molecule has 0 spiro atoms. The molecule has 1 heterocycles. The van der Waals surface area contributed by atoms with Crippen LogP contribution in [0.4, 0.5) is 5.95 Å². The van der Waals surface area contributed by atoms with Crippen LogP contribution in [0.25, 0.3) is 0 Å². The quantitative estimate of drug-likeness (QED) is 0.700. The first-order valence-electron chi connectivity index (χ1n) is 8.62. The van der Waals surface area contributed by atoms with Crippen molar-refractivity contribution in [2.24, 2.45) is 5.92 Å². The molecule has 0 aliphatic heterocycles. The minimum atomic E-state index is -0.959. The number of nitrogens with zero attached hydrogens (tertiary/aromatic N) is 3. The molecule has 0 saturated heterocycles. The van der Waals surface area contributed by atoms with Crippen molar-refractivity contribution in [3.05, 3.63) is 37.0 Å². The molecule has 1 aliphatic carbocycles. The summed E-state index contributed by atoms with van der Waals surface area (Å²) in [4.78, 5) is 24.7. The monoisotopic (exact) mass is 330 g/mol. The molecule has 6 nitrogen and oxygen atoms in total. The van der Waals surface area contributed by atoms with Gasteiger partial charge < -0.3 is 10.1 Å². The van der Waals surface area contributed by atoms with Gasteiger partial charge >= 0.3 is 5.97 Å². The molecule has 2 unspecified atom stereocenters. The highest BCUT2D eigenvalue weighted by Gasteiger charge is 2.38. The summed E-state index contributed by atoms with van der Waals surface area (Å²) in [5.74, 6) is 0.477. The molecule has 130 valence electrons. The molecule has 0 saturated carbocycles. The maximum atomic E-state index is 12.8. The summed E-state index contributed by atoms with van der Waals surface area (Å²) < 4.78 is 5.65. The maximum absolute atomic E-state index is 12.8. The van der Waals surface area contributed by atoms with Gasteiger partial charge in [-0.1, -0.05) is 51.3 Å². The molecule has 1 aromatic rings. The van der Waals surface area contributed by atoms with Gasteiger partial charge in [0.1, 0.15) is 12.7 Å². The highest BCUT2D eigenvalue weighted by atomic mass is 16.5. The van der Waals surface area contributed by atoms with E-state index in [2.05, 4.69) is 34.1 Å². The third kappa shape index (κ3) is 4.88. The number of anilines is 1. The molecule has 1 aliphatic rings. The number of carbonyl (C=O) groups excluding carboxylic acids is 1. The lowest BCUT2D eigenvalue weighted by atomic mass is 9.91. The van der Waals surface area contributed by atoms with E-state index in [0.29, 0.717) is 24.9 Å². The van der Waals surface area contributed by atoms with Crippen molar-refractivity contribution in [2.45, 2.75) is 51.5 Å². The summed E-state index contributed by atoms with van der Waals surface area (Å²) in [6.07, 6.45) is 15.2. The Morgan fingerprint density at radius 1 is 1.33 bits per heavy atom. The highest BCUT2D eigenvalue weighted by molar-refractivity contribution is 5.87. The minimum absolute atomic E-state index is 0.293. The maximum Gasteiger partial charge on any atom is 0.336 e. The molecular formula is C18H26N4O2. The molecule has 0 amide bonds. The molecule has 1 aromatic heterocycles. The zero-order valence-corrected chi connectivity index (χ0v) is 14.4. The van der Waals surface area contributed by atoms with Crippen LogP contribution >= 0.6 is 0 Å². The Kier molecular flexibility index (Phi) is 6.90. The average molecular weight is 330 g/mol. The molecule has 2 rings (SSSR count). The standard InChI is InChI=1S/C18H26N4O2/c1-3-5-9-15(4-2)12-24-16(23)18(10-7-6-8-11-18)22-17-20-13-19-14-21-17/h6-8,10,13-15H,3-5,9,11-12H2,1-2H3,(H,19,20,21,22). The number of rotatable bonds is 9. The molecule has 0 aromatic carbocycles. The van der Waals surface area contributed by atoms with E-state index in [9.17, 15) is 4.79 Å². The summed E-state index contributed by atoms with van der Waals surface area (Å²) in [6.45, 7) is 4.76. The number of nitrogens with one attached hydrogen (secondary N) is 1. The Balaban J connectivity index is 2.03. The second kappa shape index (κ2) is 9.15. The van der Waals surface area contributed by atoms with Crippen LogP contribution in [0.5, 0.6) is 0 Å². The first-order valence-corrected chi connectivity index (χ1v) is 8.62. The number of unbranched alkanes of at least 4 members (excludes halogenated alkanes) is 1. The van der Waals surface area contributed by atoms with E-state index in [0.717, 1.165) is 25.7 Å². The van der Waals surface area contributed by atoms with Crippen LogP contribution in [0, 0.1) is 5.92 Å². The summed E-state index contributed by atoms with van der Waals surface area (Å²) >= 11 is 0. The van der Waals surface area contributed by atoms with Crippen LogP contribution in [0.2, 0.25) is 0 Å². The zero-order chi connectivity index (χ0) is 17.3. The number of hydrogen-bond acceptors (Lipinski definition) is 6. The van der Waals surface area contributed by atoms with Gasteiger partial charge in [-0.15, -0.1) is 0 Å².